The summed E-state index contributed by atoms with van der Waals surface area (Å²) in [7, 11) is 0. The summed E-state index contributed by atoms with van der Waals surface area (Å²) in [5.74, 6) is 0.741. The van der Waals surface area contributed by atoms with Crippen molar-refractivity contribution < 1.29 is 0 Å². The van der Waals surface area contributed by atoms with E-state index in [0.717, 1.165) is 5.92 Å². The van der Waals surface area contributed by atoms with Gasteiger partial charge in [-0.2, -0.15) is 0 Å². The van der Waals surface area contributed by atoms with Gasteiger partial charge in [-0.25, -0.2) is 0 Å². The third-order valence-electron chi connectivity index (χ3n) is 2.50. The van der Waals surface area contributed by atoms with E-state index >= 15 is 0 Å². The summed E-state index contributed by atoms with van der Waals surface area (Å²) < 4.78 is 0. The van der Waals surface area contributed by atoms with Crippen LogP contribution < -0.4 is 0 Å². The second-order valence-electron chi connectivity index (χ2n) is 4.24. The molecule has 1 aliphatic carbocycles. The Labute approximate surface area is 118 Å². The lowest BCUT2D eigenvalue weighted by atomic mass is 10.0. The summed E-state index contributed by atoms with van der Waals surface area (Å²) >= 11 is 0. The highest BCUT2D eigenvalue weighted by Crippen LogP contribution is 2.18. The van der Waals surface area contributed by atoms with Crippen LogP contribution in [0.3, 0.4) is 0 Å². The molecule has 1 rings (SSSR count). The fourth-order valence-corrected chi connectivity index (χ4v) is 1.39. The molecule has 0 aromatic rings. The maximum absolute atomic E-state index is 2.23. The van der Waals surface area contributed by atoms with Gasteiger partial charge in [0.15, 0.2) is 0 Å². The van der Waals surface area contributed by atoms with E-state index in [1.807, 2.05) is 27.7 Å². The standard InChI is InChI=1S/C8H12.C6H14.2C2H6/c1-7(2)8-5-3-4-6-8;1-3-5-6-4-2;2*1-2/h3-5,7H,6H2,1-2H3;3-6H2,1-2H3;2*1-2H3. The van der Waals surface area contributed by atoms with E-state index in [0.29, 0.717) is 0 Å². The van der Waals surface area contributed by atoms with Crippen molar-refractivity contribution in [2.24, 2.45) is 5.92 Å². The van der Waals surface area contributed by atoms with Crippen LogP contribution in [0.25, 0.3) is 0 Å². The Hall–Kier alpha value is -0.520. The molecular formula is C18H38. The van der Waals surface area contributed by atoms with Crippen LogP contribution >= 0.6 is 0 Å². The quantitative estimate of drug-likeness (QED) is 0.466. The zero-order chi connectivity index (χ0) is 14.8. The monoisotopic (exact) mass is 254 g/mol. The van der Waals surface area contributed by atoms with Crippen LogP contribution in [0.5, 0.6) is 0 Å². The van der Waals surface area contributed by atoms with Crippen molar-refractivity contribution in [2.75, 3.05) is 0 Å². The van der Waals surface area contributed by atoms with Crippen molar-refractivity contribution in [1.29, 1.82) is 0 Å². The Balaban J connectivity index is -0.000000201. The normalized spacial score (nSPS) is 11.5. The van der Waals surface area contributed by atoms with Gasteiger partial charge in [0.05, 0.1) is 0 Å². The minimum Gasteiger partial charge on any atom is -0.0805 e. The first-order chi connectivity index (χ1) is 8.72. The third kappa shape index (κ3) is 17.9. The van der Waals surface area contributed by atoms with Crippen LogP contribution in [0.15, 0.2) is 23.8 Å². The van der Waals surface area contributed by atoms with Crippen molar-refractivity contribution in [2.45, 2.75) is 87.5 Å². The lowest BCUT2D eigenvalue weighted by Crippen LogP contribution is -1.88. The van der Waals surface area contributed by atoms with E-state index in [9.17, 15) is 0 Å². The predicted octanol–water partition coefficient (Wildman–Crippen LogP) is 7.17. The van der Waals surface area contributed by atoms with Gasteiger partial charge in [-0.1, -0.05) is 105 Å². The Morgan fingerprint density at radius 1 is 0.944 bits per heavy atom. The highest BCUT2D eigenvalue weighted by molar-refractivity contribution is 5.23. The van der Waals surface area contributed by atoms with Crippen LogP contribution in [0.4, 0.5) is 0 Å². The Morgan fingerprint density at radius 2 is 1.39 bits per heavy atom. The summed E-state index contributed by atoms with van der Waals surface area (Å²) in [6.07, 6.45) is 13.3. The van der Waals surface area contributed by atoms with Crippen molar-refractivity contribution in [3.63, 3.8) is 0 Å². The van der Waals surface area contributed by atoms with Gasteiger partial charge in [0.25, 0.3) is 0 Å². The van der Waals surface area contributed by atoms with Crippen LogP contribution in [-0.4, -0.2) is 0 Å². The number of hydrogen-bond donors (Lipinski definition) is 0. The number of allylic oxidation sites excluding steroid dienone is 4. The molecule has 1 aliphatic rings. The molecule has 0 bridgehead atoms. The van der Waals surface area contributed by atoms with E-state index in [1.54, 1.807) is 5.57 Å². The first kappa shape index (κ1) is 22.6. The van der Waals surface area contributed by atoms with Gasteiger partial charge in [0.1, 0.15) is 0 Å². The van der Waals surface area contributed by atoms with E-state index in [1.165, 1.54) is 32.1 Å². The topological polar surface area (TPSA) is 0 Å². The molecule has 0 aliphatic heterocycles. The molecule has 0 nitrogen and oxygen atoms in total. The molecule has 110 valence electrons. The van der Waals surface area contributed by atoms with E-state index in [2.05, 4.69) is 45.9 Å². The van der Waals surface area contributed by atoms with Crippen LogP contribution in [0.1, 0.15) is 87.5 Å². The van der Waals surface area contributed by atoms with Gasteiger partial charge < -0.3 is 0 Å². The average molecular weight is 255 g/mol. The molecule has 0 aromatic heterocycles. The summed E-state index contributed by atoms with van der Waals surface area (Å²) in [4.78, 5) is 0. The first-order valence-corrected chi connectivity index (χ1v) is 8.07. The lowest BCUT2D eigenvalue weighted by molar-refractivity contribution is 0.702. The molecule has 0 saturated carbocycles. The van der Waals surface area contributed by atoms with Crippen LogP contribution in [0.2, 0.25) is 0 Å². The SMILES string of the molecule is CC.CC.CC(C)C1=CC=CC1.CCCCCC. The van der Waals surface area contributed by atoms with Gasteiger partial charge in [0.2, 0.25) is 0 Å². The summed E-state index contributed by atoms with van der Waals surface area (Å²) in [5, 5.41) is 0. The fraction of sp³-hybridized carbons (Fsp3) is 0.778. The molecule has 0 atom stereocenters. The van der Waals surface area contributed by atoms with Gasteiger partial charge in [0, 0.05) is 0 Å². The maximum Gasteiger partial charge on any atom is -0.0130 e. The van der Waals surface area contributed by atoms with E-state index in [-0.39, 0.29) is 0 Å². The minimum atomic E-state index is 0.741. The molecule has 0 fully saturated rings. The predicted molar refractivity (Wildman–Crippen MR) is 89.2 cm³/mol. The molecule has 18 heavy (non-hydrogen) atoms. The van der Waals surface area contributed by atoms with Crippen LogP contribution in [0, 0.1) is 5.92 Å². The van der Waals surface area contributed by atoms with E-state index < -0.39 is 0 Å². The van der Waals surface area contributed by atoms with Gasteiger partial charge in [-0.05, 0) is 12.3 Å². The molecule has 0 amide bonds. The zero-order valence-corrected chi connectivity index (χ0v) is 14.3. The van der Waals surface area contributed by atoms with Gasteiger partial charge in [-0.3, -0.25) is 0 Å². The summed E-state index contributed by atoms with van der Waals surface area (Å²) in [5.41, 5.74) is 1.56. The summed E-state index contributed by atoms with van der Waals surface area (Å²) in [6.45, 7) is 16.9. The van der Waals surface area contributed by atoms with Gasteiger partial charge >= 0.3 is 0 Å². The number of rotatable bonds is 4. The molecule has 0 heterocycles. The number of hydrogen-bond acceptors (Lipinski definition) is 0. The number of unbranched alkanes of at least 4 members (excludes halogenated alkanes) is 3. The smallest absolute Gasteiger partial charge is 0.0130 e. The summed E-state index contributed by atoms with van der Waals surface area (Å²) in [6, 6.07) is 0. The highest BCUT2D eigenvalue weighted by Gasteiger charge is 2.01. The first-order valence-electron chi connectivity index (χ1n) is 8.07. The Morgan fingerprint density at radius 3 is 1.56 bits per heavy atom. The zero-order valence-electron chi connectivity index (χ0n) is 14.3. The minimum absolute atomic E-state index is 0.741. The average Bonchev–Trinajstić information content (AvgIpc) is 2.96. The second-order valence-corrected chi connectivity index (χ2v) is 4.24. The van der Waals surface area contributed by atoms with Crippen LogP contribution in [-0.2, 0) is 0 Å². The van der Waals surface area contributed by atoms with Gasteiger partial charge in [-0.15, -0.1) is 0 Å². The molecule has 0 radical (unpaired) electrons. The molecule has 0 aromatic carbocycles. The second kappa shape index (κ2) is 21.7. The molecule has 0 saturated heterocycles. The van der Waals surface area contributed by atoms with Crippen molar-refractivity contribution in [3.8, 4) is 0 Å². The molecule has 0 heteroatoms. The molecule has 0 unspecified atom stereocenters. The third-order valence-corrected chi connectivity index (χ3v) is 2.50. The molecule has 0 N–H and O–H groups in total. The van der Waals surface area contributed by atoms with E-state index in [4.69, 9.17) is 0 Å². The van der Waals surface area contributed by atoms with Crippen molar-refractivity contribution in [1.82, 2.24) is 0 Å². The lowest BCUT2D eigenvalue weighted by Gasteiger charge is -2.02. The maximum atomic E-state index is 2.23. The Bertz CT molecular complexity index is 168. The van der Waals surface area contributed by atoms with Crippen molar-refractivity contribution in [3.05, 3.63) is 23.8 Å². The van der Waals surface area contributed by atoms with Crippen molar-refractivity contribution >= 4 is 0 Å². The molecular weight excluding hydrogens is 216 g/mol. The largest absolute Gasteiger partial charge is 0.0805 e. The molecule has 0 spiro atoms. The highest BCUT2D eigenvalue weighted by atomic mass is 14.1. The fourth-order valence-electron chi connectivity index (χ4n) is 1.39. The Kier molecular flexibility index (Phi) is 27.3.